The highest BCUT2D eigenvalue weighted by molar-refractivity contribution is 7.94. The van der Waals surface area contributed by atoms with E-state index in [0.29, 0.717) is 11.3 Å². The Morgan fingerprint density at radius 2 is 1.67 bits per heavy atom. The van der Waals surface area contributed by atoms with Crippen molar-refractivity contribution in [3.05, 3.63) is 29.8 Å². The van der Waals surface area contributed by atoms with Crippen molar-refractivity contribution in [2.75, 3.05) is 30.1 Å². The van der Waals surface area contributed by atoms with Crippen molar-refractivity contribution >= 4 is 19.7 Å². The maximum atomic E-state index is 11.6. The van der Waals surface area contributed by atoms with Crippen LogP contribution in [-0.4, -0.2) is 47.0 Å². The molecule has 0 heterocycles. The summed E-state index contributed by atoms with van der Waals surface area (Å²) in [5.41, 5.74) is 0.519. The van der Waals surface area contributed by atoms with Gasteiger partial charge in [-0.3, -0.25) is 0 Å². The Bertz CT molecular complexity index is 700. The number of benzene rings is 1. The lowest BCUT2D eigenvalue weighted by Crippen LogP contribution is -2.19. The predicted molar refractivity (Wildman–Crippen MR) is 79.6 cm³/mol. The van der Waals surface area contributed by atoms with E-state index in [-0.39, 0.29) is 30.3 Å². The minimum atomic E-state index is -3.38. The Kier molecular flexibility index (Phi) is 6.18. The summed E-state index contributed by atoms with van der Waals surface area (Å²) < 4.78 is 50.5. The summed E-state index contributed by atoms with van der Waals surface area (Å²) in [5, 5.41) is 8.64. The standard InChI is InChI=1S/C13H17NO5S2/c1-20(15,16)9-10-21(17,18)8-2-7-19-13-5-3-12(11-14)4-6-13/h3-6H,2,7-10H2,1H3. The van der Waals surface area contributed by atoms with E-state index < -0.39 is 19.7 Å². The van der Waals surface area contributed by atoms with E-state index in [2.05, 4.69) is 0 Å². The van der Waals surface area contributed by atoms with Crippen LogP contribution in [0.3, 0.4) is 0 Å². The first-order chi connectivity index (χ1) is 9.72. The van der Waals surface area contributed by atoms with Crippen LogP contribution in [0.5, 0.6) is 5.75 Å². The number of ether oxygens (including phenoxy) is 1. The molecule has 0 atom stereocenters. The van der Waals surface area contributed by atoms with Gasteiger partial charge in [0.1, 0.15) is 15.6 Å². The highest BCUT2D eigenvalue weighted by Crippen LogP contribution is 2.11. The van der Waals surface area contributed by atoms with Crippen LogP contribution in [-0.2, 0) is 19.7 Å². The summed E-state index contributed by atoms with van der Waals surface area (Å²) in [6.45, 7) is 0.212. The fourth-order valence-corrected chi connectivity index (χ4v) is 4.46. The molecule has 0 unspecified atom stereocenters. The molecule has 0 fully saturated rings. The van der Waals surface area contributed by atoms with Gasteiger partial charge in [0.2, 0.25) is 0 Å². The van der Waals surface area contributed by atoms with E-state index >= 15 is 0 Å². The molecule has 0 spiro atoms. The number of nitrogens with zero attached hydrogens (tertiary/aromatic N) is 1. The average molecular weight is 331 g/mol. The highest BCUT2D eigenvalue weighted by Gasteiger charge is 2.14. The fourth-order valence-electron chi connectivity index (χ4n) is 1.47. The first-order valence-corrected chi connectivity index (χ1v) is 10.1. The van der Waals surface area contributed by atoms with Crippen molar-refractivity contribution in [2.45, 2.75) is 6.42 Å². The molecule has 1 aromatic rings. The molecule has 0 aliphatic heterocycles. The van der Waals surface area contributed by atoms with Crippen molar-refractivity contribution < 1.29 is 21.6 Å². The second kappa shape index (κ2) is 7.43. The quantitative estimate of drug-likeness (QED) is 0.653. The molecule has 0 radical (unpaired) electrons. The molecule has 0 aromatic heterocycles. The molecule has 0 bridgehead atoms. The Hall–Kier alpha value is -1.59. The Morgan fingerprint density at radius 1 is 1.05 bits per heavy atom. The molecule has 1 aromatic carbocycles. The van der Waals surface area contributed by atoms with Gasteiger partial charge in [-0.25, -0.2) is 16.8 Å². The van der Waals surface area contributed by atoms with Gasteiger partial charge in [-0.05, 0) is 30.7 Å². The molecule has 8 heteroatoms. The van der Waals surface area contributed by atoms with Gasteiger partial charge in [0.15, 0.2) is 9.84 Å². The van der Waals surface area contributed by atoms with Crippen molar-refractivity contribution in [3.63, 3.8) is 0 Å². The van der Waals surface area contributed by atoms with Crippen LogP contribution in [0.4, 0.5) is 0 Å². The smallest absolute Gasteiger partial charge is 0.151 e. The maximum absolute atomic E-state index is 11.6. The summed E-state index contributed by atoms with van der Waals surface area (Å²) in [4.78, 5) is 0. The van der Waals surface area contributed by atoms with E-state index in [1.165, 1.54) is 0 Å². The van der Waals surface area contributed by atoms with Gasteiger partial charge < -0.3 is 4.74 Å². The SMILES string of the molecule is CS(=O)(=O)CCS(=O)(=O)CCCOc1ccc(C#N)cc1. The summed E-state index contributed by atoms with van der Waals surface area (Å²) in [6.07, 6.45) is 1.29. The molecule has 1 rings (SSSR count). The molecule has 0 saturated heterocycles. The number of nitriles is 1. The number of rotatable bonds is 8. The molecular weight excluding hydrogens is 314 g/mol. The number of hydrogen-bond donors (Lipinski definition) is 0. The highest BCUT2D eigenvalue weighted by atomic mass is 32.2. The Balaban J connectivity index is 2.34. The second-order valence-corrected chi connectivity index (χ2v) is 9.18. The third-order valence-corrected chi connectivity index (χ3v) is 5.56. The maximum Gasteiger partial charge on any atom is 0.151 e. The lowest BCUT2D eigenvalue weighted by molar-refractivity contribution is 0.317. The zero-order valence-corrected chi connectivity index (χ0v) is 13.3. The van der Waals surface area contributed by atoms with Gasteiger partial charge >= 0.3 is 0 Å². The second-order valence-electron chi connectivity index (χ2n) is 4.62. The molecule has 0 amide bonds. The predicted octanol–water partition coefficient (Wildman–Crippen LogP) is 0.787. The van der Waals surface area contributed by atoms with Gasteiger partial charge in [-0.2, -0.15) is 5.26 Å². The van der Waals surface area contributed by atoms with Crippen LogP contribution in [0.25, 0.3) is 0 Å². The van der Waals surface area contributed by atoms with Gasteiger partial charge in [0.25, 0.3) is 0 Å². The van der Waals surface area contributed by atoms with Crippen LogP contribution in [0.15, 0.2) is 24.3 Å². The minimum absolute atomic E-state index is 0.112. The van der Waals surface area contributed by atoms with Gasteiger partial charge in [-0.1, -0.05) is 0 Å². The van der Waals surface area contributed by atoms with E-state index in [9.17, 15) is 16.8 Å². The number of sulfone groups is 2. The third-order valence-electron chi connectivity index (χ3n) is 2.62. The van der Waals surface area contributed by atoms with E-state index in [0.717, 1.165) is 6.26 Å². The topological polar surface area (TPSA) is 101 Å². The van der Waals surface area contributed by atoms with Gasteiger partial charge in [-0.15, -0.1) is 0 Å². The summed E-state index contributed by atoms with van der Waals surface area (Å²) in [6, 6.07) is 8.47. The van der Waals surface area contributed by atoms with Crippen LogP contribution < -0.4 is 4.74 Å². The zero-order valence-electron chi connectivity index (χ0n) is 11.6. The Morgan fingerprint density at radius 3 is 2.19 bits per heavy atom. The molecule has 6 nitrogen and oxygen atoms in total. The van der Waals surface area contributed by atoms with E-state index in [4.69, 9.17) is 10.00 Å². The van der Waals surface area contributed by atoms with Gasteiger partial charge in [0, 0.05) is 6.26 Å². The summed E-state index contributed by atoms with van der Waals surface area (Å²) >= 11 is 0. The van der Waals surface area contributed by atoms with Crippen LogP contribution in [0.1, 0.15) is 12.0 Å². The molecule has 21 heavy (non-hydrogen) atoms. The lowest BCUT2D eigenvalue weighted by Gasteiger charge is -2.06. The molecule has 0 aliphatic carbocycles. The molecule has 0 saturated carbocycles. The van der Waals surface area contributed by atoms with Crippen LogP contribution >= 0.6 is 0 Å². The molecule has 116 valence electrons. The van der Waals surface area contributed by atoms with Crippen LogP contribution in [0, 0.1) is 11.3 Å². The van der Waals surface area contributed by atoms with Crippen molar-refractivity contribution in [1.82, 2.24) is 0 Å². The summed E-state index contributed by atoms with van der Waals surface area (Å²) in [7, 11) is -6.66. The third kappa shape index (κ3) is 7.68. The molecule has 0 N–H and O–H groups in total. The molecular formula is C13H17NO5S2. The minimum Gasteiger partial charge on any atom is -0.494 e. The van der Waals surface area contributed by atoms with Gasteiger partial charge in [0.05, 0.1) is 35.5 Å². The largest absolute Gasteiger partial charge is 0.494 e. The zero-order chi connectivity index (χ0) is 15.9. The first-order valence-electron chi connectivity index (χ1n) is 6.23. The monoisotopic (exact) mass is 331 g/mol. The Labute approximate surface area is 125 Å². The fraction of sp³-hybridized carbons (Fsp3) is 0.462. The van der Waals surface area contributed by atoms with Crippen molar-refractivity contribution in [2.24, 2.45) is 0 Å². The lowest BCUT2D eigenvalue weighted by atomic mass is 10.2. The van der Waals surface area contributed by atoms with Crippen molar-refractivity contribution in [1.29, 1.82) is 5.26 Å². The van der Waals surface area contributed by atoms with E-state index in [1.807, 2.05) is 6.07 Å². The van der Waals surface area contributed by atoms with E-state index in [1.54, 1.807) is 24.3 Å². The normalized spacial score (nSPS) is 11.8. The van der Waals surface area contributed by atoms with Crippen molar-refractivity contribution in [3.8, 4) is 11.8 Å². The molecule has 0 aliphatic rings. The first kappa shape index (κ1) is 17.5. The summed E-state index contributed by atoms with van der Waals surface area (Å²) in [5.74, 6) is -0.268. The number of hydrogen-bond acceptors (Lipinski definition) is 6. The van der Waals surface area contributed by atoms with Crippen LogP contribution in [0.2, 0.25) is 0 Å². The average Bonchev–Trinajstić information content (AvgIpc) is 2.42.